The predicted octanol–water partition coefficient (Wildman–Crippen LogP) is 5.07. The number of aromatic nitrogens is 4. The SMILES string of the molecule is CCC[C@](O)(CCOP(=O)(N[C@@H](C)C(=O)OC(C)C)Oc1ccccn1)n1c(COCC)nc2c(N)nc3ccccc3c21. The molecule has 0 aliphatic heterocycles. The number of carbonyl (C=O) groups excluding carboxylic acids is 1. The maximum Gasteiger partial charge on any atom is 0.460 e. The summed E-state index contributed by atoms with van der Waals surface area (Å²) in [6.07, 6.45) is 1.98. The van der Waals surface area contributed by atoms with Crippen LogP contribution in [-0.4, -0.2) is 56.0 Å². The van der Waals surface area contributed by atoms with E-state index in [1.54, 1.807) is 30.5 Å². The number of rotatable bonds is 16. The summed E-state index contributed by atoms with van der Waals surface area (Å²) in [6, 6.07) is 11.3. The van der Waals surface area contributed by atoms with Crippen LogP contribution < -0.4 is 15.3 Å². The van der Waals surface area contributed by atoms with E-state index < -0.39 is 25.5 Å². The van der Waals surface area contributed by atoms with Gasteiger partial charge in [-0.15, -0.1) is 0 Å². The van der Waals surface area contributed by atoms with Gasteiger partial charge < -0.3 is 24.8 Å². The third-order valence-electron chi connectivity index (χ3n) is 6.76. The minimum atomic E-state index is -4.21. The fraction of sp³-hybridized carbons (Fsp3) is 0.467. The molecule has 4 aromatic rings. The zero-order valence-electron chi connectivity index (χ0n) is 25.7. The molecule has 3 aromatic heterocycles. The molecule has 44 heavy (non-hydrogen) atoms. The second-order valence-corrected chi connectivity index (χ2v) is 12.3. The van der Waals surface area contributed by atoms with Crippen LogP contribution in [0.5, 0.6) is 5.88 Å². The summed E-state index contributed by atoms with van der Waals surface area (Å²) in [4.78, 5) is 25.9. The molecule has 0 saturated carbocycles. The van der Waals surface area contributed by atoms with Crippen LogP contribution in [-0.2, 0) is 35.7 Å². The molecule has 13 nitrogen and oxygen atoms in total. The summed E-state index contributed by atoms with van der Waals surface area (Å²) in [5.74, 6) is 0.0915. The van der Waals surface area contributed by atoms with Gasteiger partial charge in [-0.25, -0.2) is 19.5 Å². The highest BCUT2D eigenvalue weighted by molar-refractivity contribution is 7.52. The molecular weight excluding hydrogens is 587 g/mol. The summed E-state index contributed by atoms with van der Waals surface area (Å²) < 4.78 is 38.2. The Labute approximate surface area is 256 Å². The van der Waals surface area contributed by atoms with E-state index in [1.165, 1.54) is 19.2 Å². The first-order valence-electron chi connectivity index (χ1n) is 14.7. The first-order chi connectivity index (χ1) is 21.0. The zero-order chi connectivity index (χ0) is 31.9. The van der Waals surface area contributed by atoms with E-state index in [0.717, 1.165) is 5.39 Å². The molecule has 0 saturated heterocycles. The van der Waals surface area contributed by atoms with Crippen molar-refractivity contribution in [3.05, 3.63) is 54.5 Å². The van der Waals surface area contributed by atoms with Crippen molar-refractivity contribution >= 4 is 41.5 Å². The molecule has 0 aliphatic carbocycles. The molecule has 4 N–H and O–H groups in total. The quantitative estimate of drug-likeness (QED) is 0.111. The number of fused-ring (bicyclic) bond motifs is 3. The first-order valence-corrected chi connectivity index (χ1v) is 16.2. The van der Waals surface area contributed by atoms with E-state index in [2.05, 4.69) is 15.1 Å². The van der Waals surface area contributed by atoms with Crippen LogP contribution >= 0.6 is 7.75 Å². The van der Waals surface area contributed by atoms with Gasteiger partial charge in [0.05, 0.1) is 23.7 Å². The van der Waals surface area contributed by atoms with Gasteiger partial charge in [0.1, 0.15) is 29.7 Å². The Morgan fingerprint density at radius 3 is 2.55 bits per heavy atom. The van der Waals surface area contributed by atoms with Crippen LogP contribution in [0.1, 0.15) is 59.7 Å². The van der Waals surface area contributed by atoms with Gasteiger partial charge in [0.2, 0.25) is 5.88 Å². The van der Waals surface area contributed by atoms with Crippen LogP contribution in [0.4, 0.5) is 5.82 Å². The van der Waals surface area contributed by atoms with Crippen LogP contribution in [0, 0.1) is 0 Å². The number of ether oxygens (including phenoxy) is 2. The van der Waals surface area contributed by atoms with E-state index in [0.29, 0.717) is 41.8 Å². The fourth-order valence-electron chi connectivity index (χ4n) is 4.90. The van der Waals surface area contributed by atoms with E-state index in [1.807, 2.05) is 38.1 Å². The van der Waals surface area contributed by atoms with Gasteiger partial charge in [-0.05, 0) is 46.2 Å². The van der Waals surface area contributed by atoms with Gasteiger partial charge in [-0.1, -0.05) is 37.6 Å². The smallest absolute Gasteiger partial charge is 0.460 e. The van der Waals surface area contributed by atoms with Crippen molar-refractivity contribution in [1.82, 2.24) is 24.6 Å². The van der Waals surface area contributed by atoms with Gasteiger partial charge in [-0.2, -0.15) is 5.09 Å². The van der Waals surface area contributed by atoms with Gasteiger partial charge in [0.25, 0.3) is 0 Å². The Bertz CT molecular complexity index is 1620. The standard InChI is InChI=1S/C30H41N6O7P/c1-6-15-30(38,36-24(19-40-7-2)34-26-27(36)22-12-8-9-13-23(22)33-28(26)31)16-18-41-44(39,43-25-14-10-11-17-32-25)35-21(5)29(37)42-20(3)4/h8-14,17,20-21,38H,6-7,15-16,18-19H2,1-5H3,(H2,31,33)(H,35,39)/t21-,30-,44?/m0/s1. The fourth-order valence-corrected chi connectivity index (χ4v) is 6.35. The lowest BCUT2D eigenvalue weighted by molar-refractivity contribution is -0.149. The number of hydrogen-bond acceptors (Lipinski definition) is 11. The molecule has 3 heterocycles. The van der Waals surface area contributed by atoms with Crippen molar-refractivity contribution in [2.75, 3.05) is 18.9 Å². The number of anilines is 1. The number of nitrogen functional groups attached to an aromatic ring is 1. The number of hydrogen-bond donors (Lipinski definition) is 3. The molecule has 0 amide bonds. The van der Waals surface area contributed by atoms with Crippen molar-refractivity contribution < 1.29 is 33.0 Å². The Hall–Kier alpha value is -3.61. The molecule has 14 heteroatoms. The number of pyridine rings is 2. The highest BCUT2D eigenvalue weighted by atomic mass is 31.2. The van der Waals surface area contributed by atoms with Gasteiger partial charge >= 0.3 is 13.7 Å². The Morgan fingerprint density at radius 2 is 1.86 bits per heavy atom. The van der Waals surface area contributed by atoms with Crippen molar-refractivity contribution in [3.8, 4) is 5.88 Å². The maximum atomic E-state index is 14.0. The minimum Gasteiger partial charge on any atom is -0.462 e. The molecule has 1 aromatic carbocycles. The Kier molecular flexibility index (Phi) is 10.9. The average molecular weight is 629 g/mol. The number of nitrogens with one attached hydrogen (secondary N) is 1. The predicted molar refractivity (Wildman–Crippen MR) is 167 cm³/mol. The molecule has 4 rings (SSSR count). The topological polar surface area (TPSA) is 173 Å². The molecule has 3 atom stereocenters. The maximum absolute atomic E-state index is 14.0. The number of carbonyl (C=O) groups is 1. The lowest BCUT2D eigenvalue weighted by Crippen LogP contribution is -2.38. The molecule has 0 bridgehead atoms. The molecule has 238 valence electrons. The van der Waals surface area contributed by atoms with Gasteiger partial charge in [0, 0.05) is 30.7 Å². The monoisotopic (exact) mass is 628 g/mol. The normalized spacial score (nSPS) is 15.2. The first kappa shape index (κ1) is 33.3. The number of imidazole rings is 1. The molecular formula is C30H41N6O7P. The second-order valence-electron chi connectivity index (χ2n) is 10.6. The number of aliphatic hydroxyl groups is 1. The molecule has 1 unspecified atom stereocenters. The summed E-state index contributed by atoms with van der Waals surface area (Å²) in [5.41, 5.74) is 6.47. The number of nitrogens with two attached hydrogens (primary N) is 1. The minimum absolute atomic E-state index is 0.0238. The highest BCUT2D eigenvalue weighted by Gasteiger charge is 2.37. The molecule has 0 fully saturated rings. The van der Waals surface area contributed by atoms with E-state index in [4.69, 9.17) is 29.2 Å². The van der Waals surface area contributed by atoms with Crippen molar-refractivity contribution in [2.24, 2.45) is 0 Å². The second kappa shape index (κ2) is 14.4. The third-order valence-corrected chi connectivity index (χ3v) is 8.42. The summed E-state index contributed by atoms with van der Waals surface area (Å²) in [7, 11) is -4.21. The van der Waals surface area contributed by atoms with E-state index in [9.17, 15) is 14.5 Å². The van der Waals surface area contributed by atoms with Crippen LogP contribution in [0.3, 0.4) is 0 Å². The van der Waals surface area contributed by atoms with E-state index >= 15 is 0 Å². The van der Waals surface area contributed by atoms with Crippen LogP contribution in [0.15, 0.2) is 48.7 Å². The Morgan fingerprint density at radius 1 is 1.11 bits per heavy atom. The zero-order valence-corrected chi connectivity index (χ0v) is 26.6. The van der Waals surface area contributed by atoms with Gasteiger partial charge in [0.15, 0.2) is 5.82 Å². The third kappa shape index (κ3) is 7.72. The van der Waals surface area contributed by atoms with Crippen molar-refractivity contribution in [1.29, 1.82) is 0 Å². The Balaban J connectivity index is 1.70. The summed E-state index contributed by atoms with van der Waals surface area (Å²) in [5, 5.41) is 15.8. The van der Waals surface area contributed by atoms with Crippen molar-refractivity contribution in [3.63, 3.8) is 0 Å². The number of benzene rings is 1. The van der Waals surface area contributed by atoms with Crippen molar-refractivity contribution in [2.45, 2.75) is 78.4 Å². The van der Waals surface area contributed by atoms with Crippen LogP contribution in [0.2, 0.25) is 0 Å². The molecule has 0 radical (unpaired) electrons. The summed E-state index contributed by atoms with van der Waals surface area (Å²) >= 11 is 0. The van der Waals surface area contributed by atoms with Gasteiger partial charge in [-0.3, -0.25) is 13.9 Å². The number of para-hydroxylation sites is 1. The lowest BCUT2D eigenvalue weighted by Gasteiger charge is -2.32. The van der Waals surface area contributed by atoms with Crippen LogP contribution in [0.25, 0.3) is 21.9 Å². The highest BCUT2D eigenvalue weighted by Crippen LogP contribution is 2.45. The lowest BCUT2D eigenvalue weighted by atomic mass is 10.0. The van der Waals surface area contributed by atoms with E-state index in [-0.39, 0.29) is 37.4 Å². The summed E-state index contributed by atoms with van der Waals surface area (Å²) in [6.45, 7) is 9.06. The number of nitrogens with zero attached hydrogens (tertiary/aromatic N) is 4. The average Bonchev–Trinajstić information content (AvgIpc) is 3.37. The number of esters is 1. The largest absolute Gasteiger partial charge is 0.462 e. The molecule has 0 spiro atoms. The molecule has 0 aliphatic rings.